The fourth-order valence-electron chi connectivity index (χ4n) is 2.87. The average Bonchev–Trinajstić information content (AvgIpc) is 3.02. The van der Waals surface area contributed by atoms with E-state index in [1.54, 1.807) is 30.3 Å². The summed E-state index contributed by atoms with van der Waals surface area (Å²) in [4.78, 5) is 26.6. The molecule has 0 bridgehead atoms. The van der Waals surface area contributed by atoms with Gasteiger partial charge in [0.15, 0.2) is 0 Å². The van der Waals surface area contributed by atoms with Gasteiger partial charge in [-0.05, 0) is 88.0 Å². The van der Waals surface area contributed by atoms with Crippen molar-refractivity contribution in [3.8, 4) is 5.75 Å². The van der Waals surface area contributed by atoms with Crippen molar-refractivity contribution in [2.75, 3.05) is 4.90 Å². The quantitative estimate of drug-likeness (QED) is 0.261. The third-order valence-electron chi connectivity index (χ3n) is 4.38. The summed E-state index contributed by atoms with van der Waals surface area (Å²) in [7, 11) is 0. The van der Waals surface area contributed by atoms with Gasteiger partial charge in [0.05, 0.1) is 15.6 Å². The van der Waals surface area contributed by atoms with Crippen LogP contribution in [0.4, 0.5) is 10.5 Å². The second kappa shape index (κ2) is 9.24. The molecule has 0 N–H and O–H groups in total. The van der Waals surface area contributed by atoms with Gasteiger partial charge in [-0.1, -0.05) is 48.0 Å². The molecule has 0 radical (unpaired) electrons. The second-order valence-corrected chi connectivity index (χ2v) is 9.10. The highest BCUT2D eigenvalue weighted by molar-refractivity contribution is 14.1. The maximum atomic E-state index is 12.8. The van der Waals surface area contributed by atoms with Gasteiger partial charge in [-0.25, -0.2) is 4.90 Å². The van der Waals surface area contributed by atoms with E-state index in [-0.39, 0.29) is 11.1 Å². The monoisotopic (exact) mass is 547 g/mol. The second-order valence-electron chi connectivity index (χ2n) is 6.45. The summed E-state index contributed by atoms with van der Waals surface area (Å²) in [6, 6.07) is 22.3. The maximum absolute atomic E-state index is 12.8. The zero-order chi connectivity index (χ0) is 21.1. The van der Waals surface area contributed by atoms with Crippen LogP contribution in [0.25, 0.3) is 6.08 Å². The van der Waals surface area contributed by atoms with E-state index < -0.39 is 0 Å². The molecule has 4 rings (SSSR count). The van der Waals surface area contributed by atoms with Crippen molar-refractivity contribution >= 4 is 68.9 Å². The molecule has 30 heavy (non-hydrogen) atoms. The zero-order valence-electron chi connectivity index (χ0n) is 15.5. The third-order valence-corrected chi connectivity index (χ3v) is 6.29. The Morgan fingerprint density at radius 3 is 2.37 bits per heavy atom. The molecule has 150 valence electrons. The Kier molecular flexibility index (Phi) is 6.46. The van der Waals surface area contributed by atoms with Crippen LogP contribution in [0.15, 0.2) is 77.7 Å². The van der Waals surface area contributed by atoms with Crippen LogP contribution in [0.5, 0.6) is 5.75 Å². The molecule has 0 atom stereocenters. The van der Waals surface area contributed by atoms with Crippen molar-refractivity contribution in [2.45, 2.75) is 6.61 Å². The number of nitrogens with zero attached hydrogens (tertiary/aromatic N) is 1. The summed E-state index contributed by atoms with van der Waals surface area (Å²) in [5.41, 5.74) is 2.29. The summed E-state index contributed by atoms with van der Waals surface area (Å²) >= 11 is 9.32. The number of halogens is 2. The number of hydrogen-bond donors (Lipinski definition) is 0. The largest absolute Gasteiger partial charge is 0.489 e. The molecular weight excluding hydrogens is 533 g/mol. The Balaban J connectivity index is 1.46. The van der Waals surface area contributed by atoms with Gasteiger partial charge in [0.2, 0.25) is 0 Å². The zero-order valence-corrected chi connectivity index (χ0v) is 19.3. The Morgan fingerprint density at radius 2 is 1.67 bits per heavy atom. The number of carbonyl (C=O) groups is 2. The van der Waals surface area contributed by atoms with Crippen molar-refractivity contribution in [3.05, 3.63) is 97.4 Å². The number of para-hydroxylation sites is 1. The highest BCUT2D eigenvalue weighted by Crippen LogP contribution is 2.38. The van der Waals surface area contributed by atoms with E-state index in [4.69, 9.17) is 16.3 Å². The molecule has 7 heteroatoms. The normalized spacial score (nSPS) is 15.1. The van der Waals surface area contributed by atoms with E-state index in [0.717, 1.165) is 33.5 Å². The first-order chi connectivity index (χ1) is 14.5. The van der Waals surface area contributed by atoms with E-state index >= 15 is 0 Å². The Bertz CT molecular complexity index is 1130. The Hall–Kier alpha value is -2.29. The molecule has 0 spiro atoms. The molecule has 0 unspecified atom stereocenters. The summed E-state index contributed by atoms with van der Waals surface area (Å²) in [5.74, 6) is 0.354. The Labute approximate surface area is 197 Å². The van der Waals surface area contributed by atoms with Gasteiger partial charge >= 0.3 is 0 Å². The number of imide groups is 1. The van der Waals surface area contributed by atoms with Gasteiger partial charge in [-0.2, -0.15) is 0 Å². The molecule has 1 saturated heterocycles. The molecule has 3 aromatic carbocycles. The number of rotatable bonds is 5. The topological polar surface area (TPSA) is 46.6 Å². The van der Waals surface area contributed by atoms with Gasteiger partial charge in [-0.15, -0.1) is 0 Å². The van der Waals surface area contributed by atoms with E-state index in [2.05, 4.69) is 22.6 Å². The van der Waals surface area contributed by atoms with Crippen LogP contribution in [-0.4, -0.2) is 11.1 Å². The lowest BCUT2D eigenvalue weighted by Crippen LogP contribution is -2.27. The SMILES string of the molecule is O=C1S/C(=C\c2ccc(OCc3ccc(I)cc3)cc2)C(=O)N1c1ccccc1Cl. The molecule has 1 heterocycles. The van der Waals surface area contributed by atoms with Gasteiger partial charge in [0.1, 0.15) is 12.4 Å². The number of carbonyl (C=O) groups excluding carboxylic acids is 2. The van der Waals surface area contributed by atoms with Crippen LogP contribution < -0.4 is 9.64 Å². The number of ether oxygens (including phenoxy) is 1. The van der Waals surface area contributed by atoms with Gasteiger partial charge in [0.25, 0.3) is 11.1 Å². The molecule has 1 fully saturated rings. The summed E-state index contributed by atoms with van der Waals surface area (Å²) in [6.45, 7) is 0.479. The molecule has 0 aliphatic carbocycles. The summed E-state index contributed by atoms with van der Waals surface area (Å²) < 4.78 is 6.99. The molecule has 0 aromatic heterocycles. The van der Waals surface area contributed by atoms with Crippen molar-refractivity contribution in [2.24, 2.45) is 0 Å². The minimum absolute atomic E-state index is 0.354. The van der Waals surface area contributed by atoms with Crippen LogP contribution >= 0.6 is 46.0 Å². The van der Waals surface area contributed by atoms with E-state index in [0.29, 0.717) is 22.2 Å². The highest BCUT2D eigenvalue weighted by Gasteiger charge is 2.37. The first-order valence-corrected chi connectivity index (χ1v) is 11.3. The standard InChI is InChI=1S/C23H15ClINO3S/c24-19-3-1-2-4-20(19)26-22(27)21(30-23(26)28)13-15-7-11-18(12-8-15)29-14-16-5-9-17(25)10-6-16/h1-13H,14H2/b21-13-. The predicted octanol–water partition coefficient (Wildman–Crippen LogP) is 6.76. The fraction of sp³-hybridized carbons (Fsp3) is 0.0435. The lowest BCUT2D eigenvalue weighted by atomic mass is 10.2. The molecule has 2 amide bonds. The summed E-state index contributed by atoms with van der Waals surface area (Å²) in [5, 5.41) is -0.00694. The number of amides is 2. The number of anilines is 1. The van der Waals surface area contributed by atoms with Crippen molar-refractivity contribution in [3.63, 3.8) is 0 Å². The van der Waals surface area contributed by atoms with Crippen LogP contribution in [0.2, 0.25) is 5.02 Å². The lowest BCUT2D eigenvalue weighted by Gasteiger charge is -2.13. The van der Waals surface area contributed by atoms with Crippen LogP contribution in [0, 0.1) is 3.57 Å². The molecule has 1 aliphatic heterocycles. The minimum Gasteiger partial charge on any atom is -0.489 e. The number of hydrogen-bond acceptors (Lipinski definition) is 4. The first kappa shape index (κ1) is 21.0. The maximum Gasteiger partial charge on any atom is 0.298 e. The van der Waals surface area contributed by atoms with Crippen molar-refractivity contribution in [1.82, 2.24) is 0 Å². The Morgan fingerprint density at radius 1 is 0.967 bits per heavy atom. The smallest absolute Gasteiger partial charge is 0.298 e. The molecule has 4 nitrogen and oxygen atoms in total. The number of thioether (sulfide) groups is 1. The average molecular weight is 548 g/mol. The lowest BCUT2D eigenvalue weighted by molar-refractivity contribution is -0.113. The van der Waals surface area contributed by atoms with Crippen LogP contribution in [0.3, 0.4) is 0 Å². The van der Waals surface area contributed by atoms with Crippen LogP contribution in [-0.2, 0) is 11.4 Å². The summed E-state index contributed by atoms with van der Waals surface area (Å²) in [6.07, 6.45) is 1.70. The van der Waals surface area contributed by atoms with E-state index in [1.807, 2.05) is 48.5 Å². The molecular formula is C23H15ClINO3S. The third kappa shape index (κ3) is 4.71. The first-order valence-electron chi connectivity index (χ1n) is 9.01. The van der Waals surface area contributed by atoms with E-state index in [1.165, 1.54) is 3.57 Å². The molecule has 0 saturated carbocycles. The minimum atomic E-state index is -0.378. The van der Waals surface area contributed by atoms with Crippen molar-refractivity contribution < 1.29 is 14.3 Å². The van der Waals surface area contributed by atoms with Crippen LogP contribution in [0.1, 0.15) is 11.1 Å². The molecule has 3 aromatic rings. The molecule has 1 aliphatic rings. The predicted molar refractivity (Wildman–Crippen MR) is 130 cm³/mol. The van der Waals surface area contributed by atoms with Gasteiger partial charge in [0, 0.05) is 3.57 Å². The van der Waals surface area contributed by atoms with Gasteiger partial charge in [-0.3, -0.25) is 9.59 Å². The fourth-order valence-corrected chi connectivity index (χ4v) is 4.28. The van der Waals surface area contributed by atoms with E-state index in [9.17, 15) is 9.59 Å². The van der Waals surface area contributed by atoms with Crippen molar-refractivity contribution in [1.29, 1.82) is 0 Å². The highest BCUT2D eigenvalue weighted by atomic mass is 127. The number of benzene rings is 3. The van der Waals surface area contributed by atoms with Gasteiger partial charge < -0.3 is 4.74 Å².